The average Bonchev–Trinajstić information content (AvgIpc) is 2.36. The second-order valence-electron chi connectivity index (χ2n) is 4.45. The molecule has 2 atom stereocenters. The van der Waals surface area contributed by atoms with E-state index in [-0.39, 0.29) is 11.7 Å². The molecule has 3 N–H and O–H groups in total. The molecule has 5 heteroatoms. The standard InChI is InChI=1S/C11H21N3O2/c1-3-9-5-4-6-14(7-9)11(15)8(2)10(12)13-16/h8-9,16H,3-7H2,1-2H3,(H2,12,13). The first-order chi connectivity index (χ1) is 7.60. The highest BCUT2D eigenvalue weighted by Gasteiger charge is 2.27. The molecule has 1 rings (SSSR count). The van der Waals surface area contributed by atoms with Crippen LogP contribution in [0.2, 0.25) is 0 Å². The van der Waals surface area contributed by atoms with Crippen LogP contribution >= 0.6 is 0 Å². The van der Waals surface area contributed by atoms with Crippen molar-refractivity contribution in [1.29, 1.82) is 0 Å². The molecule has 0 aromatic rings. The first-order valence-corrected chi connectivity index (χ1v) is 5.86. The van der Waals surface area contributed by atoms with E-state index in [9.17, 15) is 4.79 Å². The zero-order chi connectivity index (χ0) is 12.1. The fourth-order valence-corrected chi connectivity index (χ4v) is 2.09. The minimum Gasteiger partial charge on any atom is -0.409 e. The summed E-state index contributed by atoms with van der Waals surface area (Å²) in [6.07, 6.45) is 3.34. The first-order valence-electron chi connectivity index (χ1n) is 5.86. The van der Waals surface area contributed by atoms with Gasteiger partial charge in [-0.3, -0.25) is 4.79 Å². The highest BCUT2D eigenvalue weighted by Crippen LogP contribution is 2.20. The van der Waals surface area contributed by atoms with Gasteiger partial charge in [0.15, 0.2) is 5.84 Å². The fourth-order valence-electron chi connectivity index (χ4n) is 2.09. The summed E-state index contributed by atoms with van der Waals surface area (Å²) >= 11 is 0. The van der Waals surface area contributed by atoms with Crippen molar-refractivity contribution in [3.63, 3.8) is 0 Å². The molecule has 1 fully saturated rings. The average molecular weight is 227 g/mol. The second kappa shape index (κ2) is 5.72. The molecule has 0 aromatic heterocycles. The molecule has 1 heterocycles. The van der Waals surface area contributed by atoms with Gasteiger partial charge in [-0.1, -0.05) is 18.5 Å². The number of piperidine rings is 1. The van der Waals surface area contributed by atoms with Crippen molar-refractivity contribution in [3.8, 4) is 0 Å². The third kappa shape index (κ3) is 2.87. The number of nitrogens with two attached hydrogens (primary N) is 1. The van der Waals surface area contributed by atoms with Gasteiger partial charge < -0.3 is 15.8 Å². The maximum atomic E-state index is 12.0. The predicted octanol–water partition coefficient (Wildman–Crippen LogP) is 1.02. The number of rotatable bonds is 3. The van der Waals surface area contributed by atoms with Gasteiger partial charge >= 0.3 is 0 Å². The van der Waals surface area contributed by atoms with Crippen molar-refractivity contribution in [2.45, 2.75) is 33.1 Å². The Hall–Kier alpha value is -1.26. The summed E-state index contributed by atoms with van der Waals surface area (Å²) in [5.74, 6) is 0.0230. The van der Waals surface area contributed by atoms with Crippen LogP contribution in [0.15, 0.2) is 5.16 Å². The van der Waals surface area contributed by atoms with Crippen LogP contribution in [0.3, 0.4) is 0 Å². The largest absolute Gasteiger partial charge is 0.409 e. The summed E-state index contributed by atoms with van der Waals surface area (Å²) in [4.78, 5) is 13.8. The molecule has 1 aliphatic rings. The Labute approximate surface area is 96.3 Å². The van der Waals surface area contributed by atoms with Crippen LogP contribution in [0.25, 0.3) is 0 Å². The van der Waals surface area contributed by atoms with Gasteiger partial charge in [-0.05, 0) is 25.7 Å². The van der Waals surface area contributed by atoms with E-state index in [2.05, 4.69) is 12.1 Å². The van der Waals surface area contributed by atoms with Crippen LogP contribution in [-0.4, -0.2) is 34.9 Å². The molecule has 0 aliphatic carbocycles. The number of likely N-dealkylation sites (tertiary alicyclic amines) is 1. The number of amidine groups is 1. The van der Waals surface area contributed by atoms with Crippen molar-refractivity contribution in [1.82, 2.24) is 4.90 Å². The zero-order valence-electron chi connectivity index (χ0n) is 10.0. The van der Waals surface area contributed by atoms with E-state index in [4.69, 9.17) is 10.9 Å². The highest BCUT2D eigenvalue weighted by atomic mass is 16.4. The molecule has 0 saturated carbocycles. The third-order valence-corrected chi connectivity index (χ3v) is 3.34. The molecule has 92 valence electrons. The van der Waals surface area contributed by atoms with Gasteiger partial charge in [0, 0.05) is 13.1 Å². The first kappa shape index (κ1) is 12.8. The lowest BCUT2D eigenvalue weighted by Crippen LogP contribution is -2.45. The minimum absolute atomic E-state index is 0.0105. The zero-order valence-corrected chi connectivity index (χ0v) is 10.0. The van der Waals surface area contributed by atoms with E-state index in [1.54, 1.807) is 6.92 Å². The van der Waals surface area contributed by atoms with E-state index in [0.717, 1.165) is 25.9 Å². The van der Waals surface area contributed by atoms with Gasteiger partial charge in [0.25, 0.3) is 0 Å². The molecule has 0 bridgehead atoms. The molecular formula is C11H21N3O2. The van der Waals surface area contributed by atoms with E-state index in [1.165, 1.54) is 6.42 Å². The molecule has 1 aliphatic heterocycles. The van der Waals surface area contributed by atoms with E-state index >= 15 is 0 Å². The third-order valence-electron chi connectivity index (χ3n) is 3.34. The molecule has 2 unspecified atom stereocenters. The predicted molar refractivity (Wildman–Crippen MR) is 62.2 cm³/mol. The Morgan fingerprint density at radius 2 is 2.38 bits per heavy atom. The van der Waals surface area contributed by atoms with Crippen LogP contribution in [0.1, 0.15) is 33.1 Å². The Morgan fingerprint density at radius 3 is 2.94 bits per heavy atom. The number of carbonyl (C=O) groups excluding carboxylic acids is 1. The molecule has 1 amide bonds. The lowest BCUT2D eigenvalue weighted by molar-refractivity contribution is -0.134. The summed E-state index contributed by atoms with van der Waals surface area (Å²) in [6, 6.07) is 0. The molecule has 0 radical (unpaired) electrons. The van der Waals surface area contributed by atoms with Gasteiger partial charge in [-0.25, -0.2) is 0 Å². The van der Waals surface area contributed by atoms with E-state index < -0.39 is 5.92 Å². The molecular weight excluding hydrogens is 206 g/mol. The molecule has 0 spiro atoms. The van der Waals surface area contributed by atoms with Crippen LogP contribution < -0.4 is 5.73 Å². The lowest BCUT2D eigenvalue weighted by Gasteiger charge is -2.33. The van der Waals surface area contributed by atoms with Gasteiger partial charge in [-0.2, -0.15) is 0 Å². The summed E-state index contributed by atoms with van der Waals surface area (Å²) in [6.45, 7) is 5.41. The van der Waals surface area contributed by atoms with E-state index in [0.29, 0.717) is 5.92 Å². The summed E-state index contributed by atoms with van der Waals surface area (Å²) in [7, 11) is 0. The van der Waals surface area contributed by atoms with Crippen molar-refractivity contribution >= 4 is 11.7 Å². The van der Waals surface area contributed by atoms with Crippen molar-refractivity contribution in [3.05, 3.63) is 0 Å². The van der Waals surface area contributed by atoms with Crippen LogP contribution in [-0.2, 0) is 4.79 Å². The molecule has 0 aromatic carbocycles. The monoisotopic (exact) mass is 227 g/mol. The Bertz CT molecular complexity index is 278. The topological polar surface area (TPSA) is 78.9 Å². The molecule has 16 heavy (non-hydrogen) atoms. The molecule has 5 nitrogen and oxygen atoms in total. The molecule has 1 saturated heterocycles. The second-order valence-corrected chi connectivity index (χ2v) is 4.45. The SMILES string of the molecule is CCC1CCCN(C(=O)C(C)C(N)=NO)C1. The summed E-state index contributed by atoms with van der Waals surface area (Å²) in [5.41, 5.74) is 5.44. The van der Waals surface area contributed by atoms with Crippen molar-refractivity contribution in [2.24, 2.45) is 22.7 Å². The number of amides is 1. The van der Waals surface area contributed by atoms with E-state index in [1.807, 2.05) is 4.90 Å². The highest BCUT2D eigenvalue weighted by molar-refractivity contribution is 6.01. The van der Waals surface area contributed by atoms with Crippen LogP contribution in [0, 0.1) is 11.8 Å². The van der Waals surface area contributed by atoms with Crippen molar-refractivity contribution in [2.75, 3.05) is 13.1 Å². The summed E-state index contributed by atoms with van der Waals surface area (Å²) < 4.78 is 0. The Morgan fingerprint density at radius 1 is 1.69 bits per heavy atom. The number of nitrogens with zero attached hydrogens (tertiary/aromatic N) is 2. The van der Waals surface area contributed by atoms with Gasteiger partial charge in [0.1, 0.15) is 0 Å². The van der Waals surface area contributed by atoms with Gasteiger partial charge in [-0.15, -0.1) is 0 Å². The number of hydrogen-bond acceptors (Lipinski definition) is 3. The fraction of sp³-hybridized carbons (Fsp3) is 0.818. The maximum absolute atomic E-state index is 12.0. The summed E-state index contributed by atoms with van der Waals surface area (Å²) in [5, 5.41) is 11.4. The van der Waals surface area contributed by atoms with Crippen molar-refractivity contribution < 1.29 is 10.0 Å². The van der Waals surface area contributed by atoms with Crippen LogP contribution in [0.5, 0.6) is 0 Å². The maximum Gasteiger partial charge on any atom is 0.233 e. The smallest absolute Gasteiger partial charge is 0.233 e. The quantitative estimate of drug-likeness (QED) is 0.327. The Balaban J connectivity index is 2.59. The lowest BCUT2D eigenvalue weighted by atomic mass is 9.94. The number of oxime groups is 1. The Kier molecular flexibility index (Phi) is 4.58. The van der Waals surface area contributed by atoms with Gasteiger partial charge in [0.05, 0.1) is 5.92 Å². The number of hydrogen-bond donors (Lipinski definition) is 2. The normalized spacial score (nSPS) is 24.2. The van der Waals surface area contributed by atoms with Crippen LogP contribution in [0.4, 0.5) is 0 Å². The van der Waals surface area contributed by atoms with Gasteiger partial charge in [0.2, 0.25) is 5.91 Å². The number of carbonyl (C=O) groups is 1. The minimum atomic E-state index is -0.527.